The van der Waals surface area contributed by atoms with Gasteiger partial charge in [-0.2, -0.15) is 5.10 Å². The molecule has 138 valence electrons. The molecule has 2 aromatic heterocycles. The Morgan fingerprint density at radius 1 is 1.11 bits per heavy atom. The Bertz CT molecular complexity index is 1130. The van der Waals surface area contributed by atoms with Crippen molar-refractivity contribution < 1.29 is 4.79 Å². The fourth-order valence-corrected chi connectivity index (χ4v) is 3.61. The average Bonchev–Trinajstić information content (AvgIpc) is 2.91. The van der Waals surface area contributed by atoms with E-state index in [0.717, 1.165) is 5.69 Å². The molecule has 1 amide bonds. The molecule has 4 rings (SSSR count). The standard InChI is InChI=1S/C19H19N5O3/c1-11(16-12-4-2-3-5-13(12)18(26)23-22-16)19(27)24-8-6-14-15(7-9-24)20-10-21-17(14)25/h2-5,10-11H,6-9H2,1H3,(H,23,26)(H,20,21,25)/t11-/m1/s1. The third kappa shape index (κ3) is 3.03. The van der Waals surface area contributed by atoms with Gasteiger partial charge >= 0.3 is 0 Å². The largest absolute Gasteiger partial charge is 0.341 e. The van der Waals surface area contributed by atoms with Gasteiger partial charge in [-0.05, 0) is 19.4 Å². The molecule has 0 radical (unpaired) electrons. The van der Waals surface area contributed by atoms with Crippen LogP contribution in [-0.4, -0.2) is 44.1 Å². The van der Waals surface area contributed by atoms with E-state index < -0.39 is 5.92 Å². The highest BCUT2D eigenvalue weighted by molar-refractivity contribution is 5.91. The van der Waals surface area contributed by atoms with Crippen LogP contribution >= 0.6 is 0 Å². The molecular formula is C19H19N5O3. The second-order valence-corrected chi connectivity index (χ2v) is 6.69. The molecule has 0 aliphatic carbocycles. The van der Waals surface area contributed by atoms with E-state index in [4.69, 9.17) is 0 Å². The lowest BCUT2D eigenvalue weighted by atomic mass is 10.00. The van der Waals surface area contributed by atoms with E-state index >= 15 is 0 Å². The maximum Gasteiger partial charge on any atom is 0.272 e. The van der Waals surface area contributed by atoms with E-state index in [1.54, 1.807) is 30.0 Å². The van der Waals surface area contributed by atoms with Gasteiger partial charge in [0.15, 0.2) is 0 Å². The molecule has 1 aromatic carbocycles. The maximum absolute atomic E-state index is 13.1. The topological polar surface area (TPSA) is 112 Å². The summed E-state index contributed by atoms with van der Waals surface area (Å²) >= 11 is 0. The van der Waals surface area contributed by atoms with Crippen LogP contribution in [-0.2, 0) is 17.6 Å². The van der Waals surface area contributed by atoms with Crippen molar-refractivity contribution in [2.45, 2.75) is 25.7 Å². The van der Waals surface area contributed by atoms with E-state index in [0.29, 0.717) is 48.0 Å². The second kappa shape index (κ2) is 6.79. The van der Waals surface area contributed by atoms with Crippen LogP contribution in [0.5, 0.6) is 0 Å². The molecule has 0 saturated carbocycles. The van der Waals surface area contributed by atoms with Crippen molar-refractivity contribution in [2.75, 3.05) is 13.1 Å². The third-order valence-corrected chi connectivity index (χ3v) is 5.11. The molecule has 1 atom stereocenters. The van der Waals surface area contributed by atoms with E-state index in [1.807, 2.05) is 6.07 Å². The Kier molecular flexibility index (Phi) is 4.31. The van der Waals surface area contributed by atoms with Crippen molar-refractivity contribution in [2.24, 2.45) is 0 Å². The SMILES string of the molecule is C[C@@H](C(=O)N1CCc2nc[nH]c(=O)c2CC1)c1n[nH]c(=O)c2ccccc12. The van der Waals surface area contributed by atoms with E-state index in [9.17, 15) is 14.4 Å². The van der Waals surface area contributed by atoms with E-state index in [1.165, 1.54) is 6.33 Å². The zero-order valence-electron chi connectivity index (χ0n) is 14.9. The second-order valence-electron chi connectivity index (χ2n) is 6.69. The van der Waals surface area contributed by atoms with Gasteiger partial charge < -0.3 is 9.88 Å². The van der Waals surface area contributed by atoms with Crippen LogP contribution in [0.4, 0.5) is 0 Å². The molecule has 8 heteroatoms. The summed E-state index contributed by atoms with van der Waals surface area (Å²) in [6.07, 6.45) is 2.41. The first-order chi connectivity index (χ1) is 13.1. The minimum atomic E-state index is -0.515. The first-order valence-corrected chi connectivity index (χ1v) is 8.88. The van der Waals surface area contributed by atoms with E-state index in [2.05, 4.69) is 20.2 Å². The molecule has 0 bridgehead atoms. The molecule has 0 unspecified atom stereocenters. The van der Waals surface area contributed by atoms with Crippen LogP contribution in [0, 0.1) is 0 Å². The number of amides is 1. The summed E-state index contributed by atoms with van der Waals surface area (Å²) in [5.74, 6) is -0.594. The highest BCUT2D eigenvalue weighted by Crippen LogP contribution is 2.23. The van der Waals surface area contributed by atoms with Crippen molar-refractivity contribution in [1.82, 2.24) is 25.1 Å². The molecule has 1 aliphatic rings. The fourth-order valence-electron chi connectivity index (χ4n) is 3.61. The van der Waals surface area contributed by atoms with Gasteiger partial charge in [-0.1, -0.05) is 18.2 Å². The molecule has 3 aromatic rings. The Hall–Kier alpha value is -3.29. The van der Waals surface area contributed by atoms with Crippen LogP contribution in [0.2, 0.25) is 0 Å². The van der Waals surface area contributed by atoms with Crippen molar-refractivity contribution in [1.29, 1.82) is 0 Å². The molecular weight excluding hydrogens is 346 g/mol. The lowest BCUT2D eigenvalue weighted by Crippen LogP contribution is -2.37. The van der Waals surface area contributed by atoms with Crippen LogP contribution < -0.4 is 11.1 Å². The molecule has 0 spiro atoms. The van der Waals surface area contributed by atoms with Crippen molar-refractivity contribution in [3.63, 3.8) is 0 Å². The van der Waals surface area contributed by atoms with Gasteiger partial charge in [-0.25, -0.2) is 10.1 Å². The smallest absolute Gasteiger partial charge is 0.272 e. The lowest BCUT2D eigenvalue weighted by Gasteiger charge is -2.24. The summed E-state index contributed by atoms with van der Waals surface area (Å²) in [7, 11) is 0. The first-order valence-electron chi connectivity index (χ1n) is 8.88. The van der Waals surface area contributed by atoms with Crippen molar-refractivity contribution in [3.8, 4) is 0 Å². The summed E-state index contributed by atoms with van der Waals surface area (Å²) in [6, 6.07) is 7.13. The van der Waals surface area contributed by atoms with Crippen molar-refractivity contribution >= 4 is 16.7 Å². The number of benzene rings is 1. The summed E-state index contributed by atoms with van der Waals surface area (Å²) in [5.41, 5.74) is 1.52. The number of nitrogens with zero attached hydrogens (tertiary/aromatic N) is 3. The lowest BCUT2D eigenvalue weighted by molar-refractivity contribution is -0.132. The zero-order chi connectivity index (χ0) is 19.0. The molecule has 27 heavy (non-hydrogen) atoms. The Morgan fingerprint density at radius 3 is 2.67 bits per heavy atom. The number of hydrogen-bond acceptors (Lipinski definition) is 5. The molecule has 0 saturated heterocycles. The van der Waals surface area contributed by atoms with Crippen LogP contribution in [0.3, 0.4) is 0 Å². The van der Waals surface area contributed by atoms with Gasteiger partial charge in [-0.3, -0.25) is 14.4 Å². The number of aromatic amines is 2. The minimum absolute atomic E-state index is 0.0797. The number of carbonyl (C=O) groups excluding carboxylic acids is 1. The number of H-pyrrole nitrogens is 2. The normalized spacial score (nSPS) is 15.2. The molecule has 2 N–H and O–H groups in total. The molecule has 3 heterocycles. The van der Waals surface area contributed by atoms with Gasteiger partial charge in [0.05, 0.1) is 29.0 Å². The predicted molar refractivity (Wildman–Crippen MR) is 99.6 cm³/mol. The fraction of sp³-hybridized carbons (Fsp3) is 0.316. The predicted octanol–water partition coefficient (Wildman–Crippen LogP) is 0.737. The first kappa shape index (κ1) is 17.1. The maximum atomic E-state index is 13.1. The monoisotopic (exact) mass is 365 g/mol. The highest BCUT2D eigenvalue weighted by atomic mass is 16.2. The number of aromatic nitrogens is 4. The summed E-state index contributed by atoms with van der Waals surface area (Å²) in [6.45, 7) is 2.73. The number of hydrogen-bond donors (Lipinski definition) is 2. The van der Waals surface area contributed by atoms with Gasteiger partial charge in [0.1, 0.15) is 0 Å². The Balaban J connectivity index is 1.63. The van der Waals surface area contributed by atoms with E-state index in [-0.39, 0.29) is 17.0 Å². The van der Waals surface area contributed by atoms with Crippen molar-refractivity contribution in [3.05, 3.63) is 68.3 Å². The number of nitrogens with one attached hydrogen (secondary N) is 2. The average molecular weight is 365 g/mol. The van der Waals surface area contributed by atoms with Crippen LogP contribution in [0.15, 0.2) is 40.2 Å². The Labute approximate surface area is 154 Å². The van der Waals surface area contributed by atoms with Crippen LogP contribution in [0.1, 0.15) is 29.8 Å². The van der Waals surface area contributed by atoms with Gasteiger partial charge in [0.2, 0.25) is 5.91 Å². The third-order valence-electron chi connectivity index (χ3n) is 5.11. The zero-order valence-corrected chi connectivity index (χ0v) is 14.9. The molecule has 1 aliphatic heterocycles. The van der Waals surface area contributed by atoms with Gasteiger partial charge in [0, 0.05) is 30.5 Å². The number of rotatable bonds is 2. The molecule has 8 nitrogen and oxygen atoms in total. The highest BCUT2D eigenvalue weighted by Gasteiger charge is 2.27. The number of carbonyl (C=O) groups is 1. The summed E-state index contributed by atoms with van der Waals surface area (Å²) < 4.78 is 0. The van der Waals surface area contributed by atoms with Crippen LogP contribution in [0.25, 0.3) is 10.8 Å². The summed E-state index contributed by atoms with van der Waals surface area (Å²) in [4.78, 5) is 45.6. The van der Waals surface area contributed by atoms with Gasteiger partial charge in [-0.15, -0.1) is 0 Å². The number of fused-ring (bicyclic) bond motifs is 2. The van der Waals surface area contributed by atoms with Gasteiger partial charge in [0.25, 0.3) is 11.1 Å². The Morgan fingerprint density at radius 2 is 1.85 bits per heavy atom. The minimum Gasteiger partial charge on any atom is -0.341 e. The summed E-state index contributed by atoms with van der Waals surface area (Å²) in [5, 5.41) is 7.82. The quantitative estimate of drug-likeness (QED) is 0.696. The molecule has 0 fully saturated rings.